The first-order chi connectivity index (χ1) is 13.9. The number of hydrogen-bond donors (Lipinski definition) is 1. The number of alkyl halides is 3. The number of amidine groups is 1. The number of fused-ring (bicyclic) bond motifs is 3. The first-order valence-electron chi connectivity index (χ1n) is 9.05. The normalized spacial score (nSPS) is 16.1. The molecule has 0 unspecified atom stereocenters. The number of anilines is 2. The zero-order chi connectivity index (χ0) is 20.6. The highest BCUT2D eigenvalue weighted by Crippen LogP contribution is 2.35. The number of amides is 3. The van der Waals surface area contributed by atoms with Crippen LogP contribution in [0.3, 0.4) is 0 Å². The van der Waals surface area contributed by atoms with Gasteiger partial charge in [0.25, 0.3) is 0 Å². The zero-order valence-corrected chi connectivity index (χ0v) is 15.2. The minimum atomic E-state index is -4.60. The lowest BCUT2D eigenvalue weighted by atomic mass is 10.1. The fraction of sp³-hybridized carbons (Fsp3) is 0.250. The van der Waals surface area contributed by atoms with Crippen LogP contribution in [0.1, 0.15) is 17.5 Å². The lowest BCUT2D eigenvalue weighted by Crippen LogP contribution is -2.54. The molecule has 6 nitrogen and oxygen atoms in total. The first-order valence-corrected chi connectivity index (χ1v) is 9.05. The molecule has 0 bridgehead atoms. The minimum Gasteiger partial charge on any atom is -0.324 e. The van der Waals surface area contributed by atoms with Crippen LogP contribution in [0, 0.1) is 0 Å². The molecule has 2 aromatic carbocycles. The van der Waals surface area contributed by atoms with Gasteiger partial charge in [-0.2, -0.15) is 13.2 Å². The van der Waals surface area contributed by atoms with Gasteiger partial charge >= 0.3 is 12.2 Å². The number of hydrogen-bond acceptors (Lipinski definition) is 3. The summed E-state index contributed by atoms with van der Waals surface area (Å²) in [5, 5.41) is 2.29. The molecule has 2 aromatic rings. The predicted molar refractivity (Wildman–Crippen MR) is 102 cm³/mol. The number of carbonyl (C=O) groups is 2. The van der Waals surface area contributed by atoms with E-state index in [2.05, 4.69) is 10.3 Å². The zero-order valence-electron chi connectivity index (χ0n) is 15.2. The Balaban J connectivity index is 1.61. The van der Waals surface area contributed by atoms with Gasteiger partial charge in [0.15, 0.2) is 0 Å². The van der Waals surface area contributed by atoms with Crippen molar-refractivity contribution in [3.05, 3.63) is 59.7 Å². The third-order valence-corrected chi connectivity index (χ3v) is 4.76. The van der Waals surface area contributed by atoms with Crippen LogP contribution in [0.4, 0.5) is 29.3 Å². The van der Waals surface area contributed by atoms with Gasteiger partial charge in [-0.25, -0.2) is 4.79 Å². The van der Waals surface area contributed by atoms with E-state index in [-0.39, 0.29) is 5.69 Å². The molecule has 29 heavy (non-hydrogen) atoms. The Kier molecular flexibility index (Phi) is 4.73. The van der Waals surface area contributed by atoms with Crippen LogP contribution >= 0.6 is 0 Å². The molecule has 1 N–H and O–H groups in total. The Morgan fingerprint density at radius 1 is 1.10 bits per heavy atom. The highest BCUT2D eigenvalue weighted by atomic mass is 19.4. The van der Waals surface area contributed by atoms with Crippen LogP contribution in [0.5, 0.6) is 0 Å². The molecule has 0 radical (unpaired) electrons. The maximum Gasteiger partial charge on any atom is 0.418 e. The van der Waals surface area contributed by atoms with Gasteiger partial charge in [0, 0.05) is 18.7 Å². The summed E-state index contributed by atoms with van der Waals surface area (Å²) in [6, 6.07) is 11.4. The fourth-order valence-corrected chi connectivity index (χ4v) is 3.49. The molecule has 2 heterocycles. The Hall–Kier alpha value is -3.36. The third-order valence-electron chi connectivity index (χ3n) is 4.76. The number of carbonyl (C=O) groups excluding carboxylic acids is 2. The van der Waals surface area contributed by atoms with E-state index in [4.69, 9.17) is 0 Å². The smallest absolute Gasteiger partial charge is 0.324 e. The largest absolute Gasteiger partial charge is 0.418 e. The maximum atomic E-state index is 13.2. The van der Waals surface area contributed by atoms with Crippen molar-refractivity contribution >= 4 is 29.1 Å². The van der Waals surface area contributed by atoms with Gasteiger partial charge in [0.05, 0.1) is 16.9 Å². The van der Waals surface area contributed by atoms with Crippen molar-refractivity contribution in [1.29, 1.82) is 0 Å². The number of para-hydroxylation sites is 2. The summed E-state index contributed by atoms with van der Waals surface area (Å²) in [7, 11) is 0. The number of urea groups is 1. The van der Waals surface area contributed by atoms with Gasteiger partial charge in [-0.1, -0.05) is 24.3 Å². The molecule has 2 aliphatic rings. The van der Waals surface area contributed by atoms with E-state index in [0.29, 0.717) is 31.0 Å². The lowest BCUT2D eigenvalue weighted by molar-refractivity contribution is -0.137. The van der Waals surface area contributed by atoms with Gasteiger partial charge in [-0.05, 0) is 30.7 Å². The van der Waals surface area contributed by atoms with Gasteiger partial charge in [0.1, 0.15) is 12.4 Å². The molecule has 9 heteroatoms. The van der Waals surface area contributed by atoms with Gasteiger partial charge in [-0.3, -0.25) is 19.6 Å². The van der Waals surface area contributed by atoms with Crippen molar-refractivity contribution in [2.24, 2.45) is 4.99 Å². The third kappa shape index (κ3) is 3.55. The molecule has 3 amide bonds. The number of halogens is 3. The van der Waals surface area contributed by atoms with Gasteiger partial charge in [-0.15, -0.1) is 0 Å². The Labute approximate surface area is 164 Å². The molecule has 0 saturated heterocycles. The van der Waals surface area contributed by atoms with E-state index in [0.717, 1.165) is 11.6 Å². The summed E-state index contributed by atoms with van der Waals surface area (Å²) in [6.07, 6.45) is -3.90. The summed E-state index contributed by atoms with van der Waals surface area (Å²) >= 11 is 0. The van der Waals surface area contributed by atoms with Crippen LogP contribution in [-0.4, -0.2) is 42.3 Å². The Bertz CT molecular complexity index is 1000. The van der Waals surface area contributed by atoms with Crippen LogP contribution < -0.4 is 10.2 Å². The topological polar surface area (TPSA) is 65.0 Å². The van der Waals surface area contributed by atoms with Crippen molar-refractivity contribution in [2.45, 2.75) is 12.6 Å². The molecule has 2 aliphatic heterocycles. The van der Waals surface area contributed by atoms with Crippen molar-refractivity contribution in [1.82, 2.24) is 4.90 Å². The van der Waals surface area contributed by atoms with Crippen molar-refractivity contribution in [3.63, 3.8) is 0 Å². The molecule has 150 valence electrons. The van der Waals surface area contributed by atoms with Crippen LogP contribution in [0.25, 0.3) is 0 Å². The van der Waals surface area contributed by atoms with E-state index in [9.17, 15) is 22.8 Å². The molecule has 0 atom stereocenters. The van der Waals surface area contributed by atoms with Gasteiger partial charge < -0.3 is 5.32 Å². The lowest BCUT2D eigenvalue weighted by Gasteiger charge is -2.39. The van der Waals surface area contributed by atoms with Crippen LogP contribution in [0.15, 0.2) is 53.5 Å². The van der Waals surface area contributed by atoms with E-state index < -0.39 is 30.2 Å². The number of nitrogens with zero attached hydrogens (tertiary/aromatic N) is 3. The SMILES string of the molecule is O=C(CN1C(=O)N2CCCN=C2c2ccccc21)Nc1ccccc1C(F)(F)F. The monoisotopic (exact) mass is 402 g/mol. The van der Waals surface area contributed by atoms with Crippen molar-refractivity contribution in [3.8, 4) is 0 Å². The summed E-state index contributed by atoms with van der Waals surface area (Å²) < 4.78 is 39.5. The van der Waals surface area contributed by atoms with Crippen molar-refractivity contribution < 1.29 is 22.8 Å². The molecule has 0 fully saturated rings. The Morgan fingerprint density at radius 3 is 2.62 bits per heavy atom. The minimum absolute atomic E-state index is 0.344. The number of benzene rings is 2. The van der Waals surface area contributed by atoms with E-state index >= 15 is 0 Å². The summed E-state index contributed by atoms with van der Waals surface area (Å²) in [5.41, 5.74) is -0.0592. The highest BCUT2D eigenvalue weighted by molar-refractivity contribution is 6.20. The molecule has 0 saturated carbocycles. The highest BCUT2D eigenvalue weighted by Gasteiger charge is 2.37. The first kappa shape index (κ1) is 19.0. The number of aliphatic imine (C=N–C) groups is 1. The van der Waals surface area contributed by atoms with E-state index in [1.165, 1.54) is 28.0 Å². The summed E-state index contributed by atoms with van der Waals surface area (Å²) in [4.78, 5) is 32.7. The summed E-state index contributed by atoms with van der Waals surface area (Å²) in [5.74, 6) is -0.154. The summed E-state index contributed by atoms with van der Waals surface area (Å²) in [6.45, 7) is 0.676. The molecule has 0 aliphatic carbocycles. The average molecular weight is 402 g/mol. The maximum absolute atomic E-state index is 13.2. The molecule has 4 rings (SSSR count). The van der Waals surface area contributed by atoms with Crippen molar-refractivity contribution in [2.75, 3.05) is 29.9 Å². The average Bonchev–Trinajstić information content (AvgIpc) is 2.71. The van der Waals surface area contributed by atoms with E-state index in [1.54, 1.807) is 12.1 Å². The quantitative estimate of drug-likeness (QED) is 0.850. The fourth-order valence-electron chi connectivity index (χ4n) is 3.49. The molecule has 0 aromatic heterocycles. The second-order valence-corrected chi connectivity index (χ2v) is 6.69. The molecule has 0 spiro atoms. The molecular formula is C20H17F3N4O2. The van der Waals surface area contributed by atoms with Crippen LogP contribution in [0.2, 0.25) is 0 Å². The van der Waals surface area contributed by atoms with Gasteiger partial charge in [0.2, 0.25) is 5.91 Å². The number of nitrogens with one attached hydrogen (secondary N) is 1. The number of rotatable bonds is 3. The molecular weight excluding hydrogens is 385 g/mol. The Morgan fingerprint density at radius 2 is 1.83 bits per heavy atom. The standard InChI is InChI=1S/C20H17F3N4O2/c21-20(22,23)14-7-2-3-8-15(14)25-17(28)12-27-16-9-4-1-6-13(16)18-24-10-5-11-26(18)19(27)29/h1-4,6-9H,5,10-12H2,(H,25,28). The second kappa shape index (κ2) is 7.23. The van der Waals surface area contributed by atoms with E-state index in [1.807, 2.05) is 12.1 Å². The van der Waals surface area contributed by atoms with Crippen LogP contribution in [-0.2, 0) is 11.0 Å². The second-order valence-electron chi connectivity index (χ2n) is 6.69. The predicted octanol–water partition coefficient (Wildman–Crippen LogP) is 3.74.